The molecule has 1 aliphatic heterocycles. The van der Waals surface area contributed by atoms with Crippen LogP contribution in [0, 0.1) is 5.41 Å². The van der Waals surface area contributed by atoms with Crippen LogP contribution in [0.4, 0.5) is 0 Å². The highest BCUT2D eigenvalue weighted by Crippen LogP contribution is 2.47. The molecule has 0 radical (unpaired) electrons. The monoisotopic (exact) mass is 462 g/mol. The summed E-state index contributed by atoms with van der Waals surface area (Å²) in [6.07, 6.45) is -0.264. The number of carbonyl (C=O) groups is 2. The van der Waals surface area contributed by atoms with Gasteiger partial charge in [0.15, 0.2) is 11.5 Å². The maximum Gasteiger partial charge on any atom is 0.359 e. The number of carbonyl (C=O) groups excluding carboxylic acids is 2. The number of hydrogen-bond acceptors (Lipinski definition) is 6. The van der Waals surface area contributed by atoms with Crippen LogP contribution in [0.15, 0.2) is 60.7 Å². The second kappa shape index (κ2) is 9.06. The van der Waals surface area contributed by atoms with Crippen molar-refractivity contribution in [1.29, 1.82) is 0 Å². The fourth-order valence-corrected chi connectivity index (χ4v) is 4.44. The van der Waals surface area contributed by atoms with E-state index in [0.29, 0.717) is 13.0 Å². The first kappa shape index (κ1) is 23.7. The van der Waals surface area contributed by atoms with Gasteiger partial charge in [-0.2, -0.15) is 5.10 Å². The van der Waals surface area contributed by atoms with E-state index in [-0.39, 0.29) is 22.9 Å². The topological polar surface area (TPSA) is 79.7 Å². The van der Waals surface area contributed by atoms with Crippen molar-refractivity contribution in [1.82, 2.24) is 9.78 Å². The molecule has 178 valence electrons. The highest BCUT2D eigenvalue weighted by Gasteiger charge is 2.50. The summed E-state index contributed by atoms with van der Waals surface area (Å²) in [5.41, 5.74) is 0.255. The molecule has 34 heavy (non-hydrogen) atoms. The van der Waals surface area contributed by atoms with Crippen molar-refractivity contribution in [3.05, 3.63) is 83.0 Å². The summed E-state index contributed by atoms with van der Waals surface area (Å²) in [6.45, 7) is 7.70. The number of Topliss-reactive ketones (excluding diaryl/α,β-unsaturated/α-hetero) is 1. The number of benzene rings is 2. The van der Waals surface area contributed by atoms with Crippen LogP contribution in [0.3, 0.4) is 0 Å². The van der Waals surface area contributed by atoms with E-state index >= 15 is 0 Å². The summed E-state index contributed by atoms with van der Waals surface area (Å²) < 4.78 is 18.9. The molecular weight excluding hydrogens is 432 g/mol. The molecule has 2 aromatic carbocycles. The average molecular weight is 463 g/mol. The molecule has 1 aromatic heterocycles. The van der Waals surface area contributed by atoms with Crippen molar-refractivity contribution < 1.29 is 23.8 Å². The summed E-state index contributed by atoms with van der Waals surface area (Å²) >= 11 is 0. The summed E-state index contributed by atoms with van der Waals surface area (Å²) in [5, 5.41) is 4.70. The number of fused-ring (bicyclic) bond motifs is 1. The van der Waals surface area contributed by atoms with Crippen molar-refractivity contribution in [2.45, 2.75) is 45.9 Å². The molecule has 4 rings (SSSR count). The first-order valence-electron chi connectivity index (χ1n) is 11.4. The standard InChI is InChI=1S/C27H30N2O5/c1-6-33-20-17-27(18-13-9-7-10-14-18,19-15-11-8-12-16-19)29-24(34-20)21(23(30)26(2,3)4)22(28-29)25(31)32-5/h7-16,20H,6,17H2,1-5H3. The zero-order chi connectivity index (χ0) is 24.5. The van der Waals surface area contributed by atoms with Crippen LogP contribution in [0.1, 0.15) is 66.1 Å². The first-order valence-corrected chi connectivity index (χ1v) is 11.4. The summed E-state index contributed by atoms with van der Waals surface area (Å²) in [7, 11) is 1.28. The predicted octanol–water partition coefficient (Wildman–Crippen LogP) is 4.84. The maximum absolute atomic E-state index is 13.6. The van der Waals surface area contributed by atoms with E-state index in [0.717, 1.165) is 11.1 Å². The van der Waals surface area contributed by atoms with Crippen LogP contribution in [0.2, 0.25) is 0 Å². The van der Waals surface area contributed by atoms with E-state index in [2.05, 4.69) is 0 Å². The van der Waals surface area contributed by atoms with E-state index in [1.807, 2.05) is 67.6 Å². The Kier molecular flexibility index (Phi) is 6.32. The van der Waals surface area contributed by atoms with Gasteiger partial charge >= 0.3 is 5.97 Å². The van der Waals surface area contributed by atoms with E-state index in [9.17, 15) is 9.59 Å². The van der Waals surface area contributed by atoms with Crippen molar-refractivity contribution in [2.24, 2.45) is 5.41 Å². The zero-order valence-corrected chi connectivity index (χ0v) is 20.2. The molecule has 3 aromatic rings. The molecule has 0 saturated heterocycles. The van der Waals surface area contributed by atoms with Gasteiger partial charge in [-0.25, -0.2) is 9.48 Å². The fourth-order valence-electron chi connectivity index (χ4n) is 4.44. The number of rotatable bonds is 6. The van der Waals surface area contributed by atoms with Crippen LogP contribution in [-0.2, 0) is 15.0 Å². The minimum absolute atomic E-state index is 0.0641. The van der Waals surface area contributed by atoms with Gasteiger partial charge in [0.1, 0.15) is 11.1 Å². The summed E-state index contributed by atoms with van der Waals surface area (Å²) in [4.78, 5) is 26.4. The normalized spacial score (nSPS) is 16.9. The first-order chi connectivity index (χ1) is 16.2. The molecule has 1 atom stereocenters. The Labute approximate surface area is 199 Å². The minimum Gasteiger partial charge on any atom is -0.464 e. The van der Waals surface area contributed by atoms with Crippen LogP contribution >= 0.6 is 0 Å². The molecule has 7 nitrogen and oxygen atoms in total. The van der Waals surface area contributed by atoms with Crippen LogP contribution in [0.5, 0.6) is 5.88 Å². The van der Waals surface area contributed by atoms with Gasteiger partial charge in [-0.1, -0.05) is 81.4 Å². The van der Waals surface area contributed by atoms with E-state index in [1.165, 1.54) is 7.11 Å². The third kappa shape index (κ3) is 3.90. The number of methoxy groups -OCH3 is 1. The van der Waals surface area contributed by atoms with Gasteiger partial charge in [-0.05, 0) is 18.1 Å². The van der Waals surface area contributed by atoms with E-state index in [1.54, 1.807) is 25.5 Å². The van der Waals surface area contributed by atoms with E-state index in [4.69, 9.17) is 19.3 Å². The van der Waals surface area contributed by atoms with Gasteiger partial charge in [0, 0.05) is 18.4 Å². The number of ketones is 1. The van der Waals surface area contributed by atoms with Crippen molar-refractivity contribution >= 4 is 11.8 Å². The molecular formula is C27H30N2O5. The lowest BCUT2D eigenvalue weighted by atomic mass is 9.79. The molecule has 0 fully saturated rings. The predicted molar refractivity (Wildman–Crippen MR) is 127 cm³/mol. The second-order valence-corrected chi connectivity index (χ2v) is 9.31. The Hall–Kier alpha value is -3.45. The Balaban J connectivity index is 2.11. The lowest BCUT2D eigenvalue weighted by Crippen LogP contribution is -2.47. The lowest BCUT2D eigenvalue weighted by Gasteiger charge is -2.42. The molecule has 0 N–H and O–H groups in total. The van der Waals surface area contributed by atoms with Crippen LogP contribution in [-0.4, -0.2) is 41.5 Å². The SMILES string of the molecule is CCOC1CC(c2ccccc2)(c2ccccc2)n2nc(C(=O)OC)c(C(=O)C(C)(C)C)c2O1. The maximum atomic E-state index is 13.6. The van der Waals surface area contributed by atoms with Gasteiger partial charge < -0.3 is 14.2 Å². The number of esters is 1. The van der Waals surface area contributed by atoms with E-state index < -0.39 is 23.2 Å². The van der Waals surface area contributed by atoms with Crippen LogP contribution < -0.4 is 4.74 Å². The van der Waals surface area contributed by atoms with Gasteiger partial charge in [0.05, 0.1) is 7.11 Å². The number of aromatic nitrogens is 2. The molecule has 1 unspecified atom stereocenters. The molecule has 1 aliphatic rings. The molecule has 0 spiro atoms. The highest BCUT2D eigenvalue weighted by atomic mass is 16.7. The summed E-state index contributed by atoms with van der Waals surface area (Å²) in [6, 6.07) is 19.7. The third-order valence-electron chi connectivity index (χ3n) is 6.05. The van der Waals surface area contributed by atoms with Crippen molar-refractivity contribution in [3.63, 3.8) is 0 Å². The molecule has 7 heteroatoms. The molecule has 0 amide bonds. The van der Waals surface area contributed by atoms with Gasteiger partial charge in [0.2, 0.25) is 12.2 Å². The third-order valence-corrected chi connectivity index (χ3v) is 6.05. The number of hydrogen-bond donors (Lipinski definition) is 0. The lowest BCUT2D eigenvalue weighted by molar-refractivity contribution is -0.114. The fraction of sp³-hybridized carbons (Fsp3) is 0.370. The average Bonchev–Trinajstić information content (AvgIpc) is 3.23. The Morgan fingerprint density at radius 2 is 1.62 bits per heavy atom. The molecule has 0 aliphatic carbocycles. The Morgan fingerprint density at radius 3 is 2.09 bits per heavy atom. The molecule has 2 heterocycles. The Morgan fingerprint density at radius 1 is 1.06 bits per heavy atom. The quantitative estimate of drug-likeness (QED) is 0.385. The minimum atomic E-state index is -0.880. The zero-order valence-electron chi connectivity index (χ0n) is 20.2. The molecule has 0 saturated carbocycles. The van der Waals surface area contributed by atoms with Gasteiger partial charge in [-0.15, -0.1) is 0 Å². The Bertz CT molecular complexity index is 1140. The van der Waals surface area contributed by atoms with Crippen molar-refractivity contribution in [2.75, 3.05) is 13.7 Å². The van der Waals surface area contributed by atoms with Gasteiger partial charge in [-0.3, -0.25) is 4.79 Å². The highest BCUT2D eigenvalue weighted by molar-refractivity contribution is 6.09. The second-order valence-electron chi connectivity index (χ2n) is 9.31. The number of ether oxygens (including phenoxy) is 3. The number of nitrogens with zero attached hydrogens (tertiary/aromatic N) is 2. The summed E-state index contributed by atoms with van der Waals surface area (Å²) in [5.74, 6) is -0.750. The largest absolute Gasteiger partial charge is 0.464 e. The smallest absolute Gasteiger partial charge is 0.359 e. The van der Waals surface area contributed by atoms with Crippen molar-refractivity contribution in [3.8, 4) is 5.88 Å². The van der Waals surface area contributed by atoms with Crippen LogP contribution in [0.25, 0.3) is 0 Å². The molecule has 0 bridgehead atoms. The van der Waals surface area contributed by atoms with Gasteiger partial charge in [0.25, 0.3) is 0 Å².